The third-order valence-corrected chi connectivity index (χ3v) is 5.27. The molecule has 0 saturated carbocycles. The molecule has 0 radical (unpaired) electrons. The molecule has 0 aliphatic rings. The highest BCUT2D eigenvalue weighted by atomic mass is 35.5. The van der Waals surface area contributed by atoms with E-state index in [1.807, 2.05) is 30.3 Å². The largest absolute Gasteiger partial charge is 0.573 e. The van der Waals surface area contributed by atoms with E-state index in [2.05, 4.69) is 20.4 Å². The molecule has 0 unspecified atom stereocenters. The number of carbonyl (C=O) groups is 1. The number of amides is 1. The number of nitrogens with zero attached hydrogens (tertiary/aromatic N) is 1. The first-order valence-corrected chi connectivity index (χ1v) is 10.9. The van der Waals surface area contributed by atoms with Crippen molar-refractivity contribution in [2.75, 3.05) is 10.6 Å². The molecule has 4 aromatic rings. The van der Waals surface area contributed by atoms with Crippen LogP contribution in [0.15, 0.2) is 91.1 Å². The Morgan fingerprint density at radius 3 is 2.37 bits per heavy atom. The molecule has 35 heavy (non-hydrogen) atoms. The minimum Gasteiger partial charge on any atom is -0.406 e. The average Bonchev–Trinajstić information content (AvgIpc) is 2.84. The number of alkyl halides is 3. The van der Waals surface area contributed by atoms with Crippen molar-refractivity contribution in [2.45, 2.75) is 12.9 Å². The predicted octanol–water partition coefficient (Wildman–Crippen LogP) is 7.17. The van der Waals surface area contributed by atoms with Gasteiger partial charge in [-0.2, -0.15) is 0 Å². The quantitative estimate of drug-likeness (QED) is 0.284. The molecular formula is C26H19ClF3N3O2. The number of hydrogen-bond donors (Lipinski definition) is 2. The summed E-state index contributed by atoms with van der Waals surface area (Å²) in [6.07, 6.45) is -3.16. The Kier molecular flexibility index (Phi) is 7.22. The minimum absolute atomic E-state index is 0.315. The van der Waals surface area contributed by atoms with Crippen LogP contribution in [-0.2, 0) is 6.54 Å². The van der Waals surface area contributed by atoms with Crippen molar-refractivity contribution >= 4 is 28.9 Å². The standard InChI is InChI=1S/C26H19ClF3N3O2/c27-22-7-4-14-31-24(22)18-8-13-21(23(15-18)32-16-17-5-2-1-3-6-17)25(34)33-19-9-11-20(12-10-19)35-26(28,29)30/h1-15,32H,16H2,(H,33,34). The van der Waals surface area contributed by atoms with Crippen LogP contribution >= 0.6 is 11.6 Å². The molecule has 1 aromatic heterocycles. The Morgan fingerprint density at radius 1 is 0.943 bits per heavy atom. The zero-order valence-corrected chi connectivity index (χ0v) is 18.9. The molecule has 3 aromatic carbocycles. The molecule has 5 nitrogen and oxygen atoms in total. The molecule has 0 spiro atoms. The molecule has 0 fully saturated rings. The van der Waals surface area contributed by atoms with Crippen molar-refractivity contribution < 1.29 is 22.7 Å². The normalized spacial score (nSPS) is 11.1. The highest BCUT2D eigenvalue weighted by molar-refractivity contribution is 6.33. The summed E-state index contributed by atoms with van der Waals surface area (Å²) in [6, 6.07) is 23.2. The van der Waals surface area contributed by atoms with Crippen LogP contribution in [0.3, 0.4) is 0 Å². The van der Waals surface area contributed by atoms with E-state index in [0.717, 1.165) is 23.3 Å². The molecule has 2 N–H and O–H groups in total. The second kappa shape index (κ2) is 10.5. The lowest BCUT2D eigenvalue weighted by atomic mass is 10.0. The van der Waals surface area contributed by atoms with Crippen LogP contribution in [0.5, 0.6) is 5.75 Å². The predicted molar refractivity (Wildman–Crippen MR) is 130 cm³/mol. The van der Waals surface area contributed by atoms with Gasteiger partial charge in [-0.1, -0.05) is 48.0 Å². The summed E-state index contributed by atoms with van der Waals surface area (Å²) in [6.45, 7) is 0.462. The molecule has 9 heteroatoms. The summed E-state index contributed by atoms with van der Waals surface area (Å²) in [4.78, 5) is 17.4. The molecule has 1 amide bonds. The molecule has 4 rings (SSSR count). The van der Waals surface area contributed by atoms with Gasteiger partial charge in [0.15, 0.2) is 0 Å². The maximum absolute atomic E-state index is 13.1. The summed E-state index contributed by atoms with van der Waals surface area (Å²) < 4.78 is 41.0. The van der Waals surface area contributed by atoms with Crippen molar-refractivity contribution in [3.05, 3.63) is 107 Å². The Bertz CT molecular complexity index is 1310. The first-order chi connectivity index (χ1) is 16.8. The average molecular weight is 498 g/mol. The summed E-state index contributed by atoms with van der Waals surface area (Å²) in [7, 11) is 0. The fraction of sp³-hybridized carbons (Fsp3) is 0.0769. The number of rotatable bonds is 7. The van der Waals surface area contributed by atoms with Gasteiger partial charge in [-0.3, -0.25) is 9.78 Å². The number of halogens is 4. The van der Waals surface area contributed by atoms with E-state index >= 15 is 0 Å². The maximum Gasteiger partial charge on any atom is 0.573 e. The number of pyridine rings is 1. The number of ether oxygens (including phenoxy) is 1. The van der Waals surface area contributed by atoms with Gasteiger partial charge in [0.05, 0.1) is 16.3 Å². The molecule has 178 valence electrons. The number of anilines is 2. The van der Waals surface area contributed by atoms with Crippen LogP contribution in [-0.4, -0.2) is 17.3 Å². The van der Waals surface area contributed by atoms with Gasteiger partial charge in [-0.05, 0) is 54.1 Å². The minimum atomic E-state index is -4.79. The van der Waals surface area contributed by atoms with Gasteiger partial charge >= 0.3 is 6.36 Å². The SMILES string of the molecule is O=C(Nc1ccc(OC(F)(F)F)cc1)c1ccc(-c2ncccc2Cl)cc1NCc1ccccc1. The Hall–Kier alpha value is -4.04. The van der Waals surface area contributed by atoms with Crippen molar-refractivity contribution in [3.63, 3.8) is 0 Å². The molecule has 0 atom stereocenters. The number of aromatic nitrogens is 1. The third kappa shape index (κ3) is 6.51. The van der Waals surface area contributed by atoms with Crippen molar-refractivity contribution in [1.82, 2.24) is 4.98 Å². The van der Waals surface area contributed by atoms with Gasteiger partial charge in [0.1, 0.15) is 5.75 Å². The van der Waals surface area contributed by atoms with Gasteiger partial charge in [-0.25, -0.2) is 0 Å². The zero-order chi connectivity index (χ0) is 24.8. The van der Waals surface area contributed by atoms with Crippen LogP contribution in [0, 0.1) is 0 Å². The van der Waals surface area contributed by atoms with E-state index in [0.29, 0.717) is 34.2 Å². The number of nitrogens with one attached hydrogen (secondary N) is 2. The lowest BCUT2D eigenvalue weighted by molar-refractivity contribution is -0.274. The Labute approximate surface area is 204 Å². The van der Waals surface area contributed by atoms with Crippen LogP contribution in [0.25, 0.3) is 11.3 Å². The van der Waals surface area contributed by atoms with Crippen LogP contribution in [0.2, 0.25) is 5.02 Å². The van der Waals surface area contributed by atoms with Crippen molar-refractivity contribution in [2.24, 2.45) is 0 Å². The highest BCUT2D eigenvalue weighted by Crippen LogP contribution is 2.30. The van der Waals surface area contributed by atoms with E-state index in [1.54, 1.807) is 36.5 Å². The summed E-state index contributed by atoms with van der Waals surface area (Å²) in [5.41, 5.74) is 3.51. The molecule has 0 bridgehead atoms. The monoisotopic (exact) mass is 497 g/mol. The van der Waals surface area contributed by atoms with E-state index in [9.17, 15) is 18.0 Å². The Balaban J connectivity index is 1.59. The molecule has 0 aliphatic carbocycles. The lowest BCUT2D eigenvalue weighted by Crippen LogP contribution is -2.17. The zero-order valence-electron chi connectivity index (χ0n) is 18.1. The van der Waals surface area contributed by atoms with Crippen LogP contribution in [0.4, 0.5) is 24.5 Å². The number of carbonyl (C=O) groups excluding carboxylic acids is 1. The number of hydrogen-bond acceptors (Lipinski definition) is 4. The fourth-order valence-electron chi connectivity index (χ4n) is 3.37. The van der Waals surface area contributed by atoms with Gasteiger partial charge < -0.3 is 15.4 Å². The first-order valence-electron chi connectivity index (χ1n) is 10.5. The number of benzene rings is 3. The summed E-state index contributed by atoms with van der Waals surface area (Å²) in [5, 5.41) is 6.46. The summed E-state index contributed by atoms with van der Waals surface area (Å²) in [5.74, 6) is -0.818. The van der Waals surface area contributed by atoms with E-state index in [4.69, 9.17) is 11.6 Å². The van der Waals surface area contributed by atoms with Gasteiger partial charge in [0.25, 0.3) is 5.91 Å². The van der Waals surface area contributed by atoms with Crippen molar-refractivity contribution in [3.8, 4) is 17.0 Å². The third-order valence-electron chi connectivity index (χ3n) is 4.97. The van der Waals surface area contributed by atoms with Crippen LogP contribution < -0.4 is 15.4 Å². The van der Waals surface area contributed by atoms with Crippen molar-refractivity contribution in [1.29, 1.82) is 0 Å². The van der Waals surface area contributed by atoms with E-state index in [-0.39, 0.29) is 5.75 Å². The Morgan fingerprint density at radius 2 is 1.69 bits per heavy atom. The van der Waals surface area contributed by atoms with Gasteiger partial charge in [0.2, 0.25) is 0 Å². The second-order valence-electron chi connectivity index (χ2n) is 7.46. The smallest absolute Gasteiger partial charge is 0.406 e. The van der Waals surface area contributed by atoms with Gasteiger partial charge in [-0.15, -0.1) is 13.2 Å². The summed E-state index contributed by atoms with van der Waals surface area (Å²) >= 11 is 6.30. The lowest BCUT2D eigenvalue weighted by Gasteiger charge is -2.15. The van der Waals surface area contributed by atoms with Gasteiger partial charge in [0, 0.05) is 29.7 Å². The molecule has 0 saturated heterocycles. The van der Waals surface area contributed by atoms with Crippen LogP contribution in [0.1, 0.15) is 15.9 Å². The maximum atomic E-state index is 13.1. The molecule has 1 heterocycles. The molecular weight excluding hydrogens is 479 g/mol. The highest BCUT2D eigenvalue weighted by Gasteiger charge is 2.31. The first kappa shape index (κ1) is 24.1. The topological polar surface area (TPSA) is 63.2 Å². The van der Waals surface area contributed by atoms with E-state index in [1.165, 1.54) is 12.1 Å². The second-order valence-corrected chi connectivity index (χ2v) is 7.87. The fourth-order valence-corrected chi connectivity index (χ4v) is 3.60. The van der Waals surface area contributed by atoms with E-state index < -0.39 is 12.3 Å². The molecule has 0 aliphatic heterocycles.